The average molecular weight is 494 g/mol. The SMILES string of the molecule is CC(C)(C[C@@](O)(CNC(=O)c1ccc2c(c1)COC2=O)Cc1ccc2ccccc2c1)c1ccccc1. The summed E-state index contributed by atoms with van der Waals surface area (Å²) in [6.45, 7) is 4.49. The first-order valence-electron chi connectivity index (χ1n) is 12.6. The number of cyclic esters (lactones) is 1. The number of carbonyl (C=O) groups is 2. The molecule has 1 amide bonds. The molecule has 37 heavy (non-hydrogen) atoms. The lowest BCUT2D eigenvalue weighted by Gasteiger charge is -2.37. The molecule has 0 radical (unpaired) electrons. The fourth-order valence-corrected chi connectivity index (χ4v) is 5.35. The van der Waals surface area contributed by atoms with Gasteiger partial charge in [-0.2, -0.15) is 0 Å². The largest absolute Gasteiger partial charge is 0.457 e. The van der Waals surface area contributed by atoms with Crippen LogP contribution in [-0.4, -0.2) is 29.1 Å². The number of ether oxygens (including phenoxy) is 1. The lowest BCUT2D eigenvalue weighted by atomic mass is 9.73. The second-order valence-electron chi connectivity index (χ2n) is 10.6. The molecule has 1 aliphatic heterocycles. The summed E-state index contributed by atoms with van der Waals surface area (Å²) in [6, 6.07) is 29.4. The molecule has 0 aliphatic carbocycles. The lowest BCUT2D eigenvalue weighted by Crippen LogP contribution is -2.48. The zero-order valence-electron chi connectivity index (χ0n) is 21.2. The number of nitrogens with one attached hydrogen (secondary N) is 1. The van der Waals surface area contributed by atoms with E-state index in [0.29, 0.717) is 29.5 Å². The third kappa shape index (κ3) is 5.42. The Bertz CT molecular complexity index is 1460. The van der Waals surface area contributed by atoms with Gasteiger partial charge in [-0.25, -0.2) is 4.79 Å². The number of carbonyl (C=O) groups excluding carboxylic acids is 2. The van der Waals surface area contributed by atoms with Crippen LogP contribution >= 0.6 is 0 Å². The maximum Gasteiger partial charge on any atom is 0.338 e. The van der Waals surface area contributed by atoms with Crippen LogP contribution < -0.4 is 5.32 Å². The molecule has 4 aromatic rings. The lowest BCUT2D eigenvalue weighted by molar-refractivity contribution is 0.0136. The van der Waals surface area contributed by atoms with Crippen LogP contribution in [0.25, 0.3) is 10.8 Å². The van der Waals surface area contributed by atoms with Gasteiger partial charge < -0.3 is 15.2 Å². The molecule has 0 bridgehead atoms. The number of hydrogen-bond acceptors (Lipinski definition) is 4. The van der Waals surface area contributed by atoms with Crippen molar-refractivity contribution in [3.8, 4) is 0 Å². The molecule has 5 heteroatoms. The molecule has 0 saturated heterocycles. The average Bonchev–Trinajstić information content (AvgIpc) is 3.27. The monoisotopic (exact) mass is 493 g/mol. The molecule has 0 unspecified atom stereocenters. The summed E-state index contributed by atoms with van der Waals surface area (Å²) < 4.78 is 5.06. The van der Waals surface area contributed by atoms with Gasteiger partial charge in [-0.1, -0.05) is 86.6 Å². The maximum absolute atomic E-state index is 13.1. The van der Waals surface area contributed by atoms with Crippen molar-refractivity contribution in [1.29, 1.82) is 0 Å². The van der Waals surface area contributed by atoms with Crippen LogP contribution in [0.2, 0.25) is 0 Å². The van der Waals surface area contributed by atoms with Gasteiger partial charge in [0.1, 0.15) is 6.61 Å². The fourth-order valence-electron chi connectivity index (χ4n) is 5.35. The van der Waals surface area contributed by atoms with Crippen molar-refractivity contribution in [3.05, 3.63) is 119 Å². The van der Waals surface area contributed by atoms with Gasteiger partial charge in [0.2, 0.25) is 0 Å². The highest BCUT2D eigenvalue weighted by Crippen LogP contribution is 2.34. The van der Waals surface area contributed by atoms with Crippen molar-refractivity contribution in [1.82, 2.24) is 5.32 Å². The van der Waals surface area contributed by atoms with Crippen molar-refractivity contribution < 1.29 is 19.4 Å². The first-order chi connectivity index (χ1) is 17.7. The van der Waals surface area contributed by atoms with E-state index in [4.69, 9.17) is 4.74 Å². The summed E-state index contributed by atoms with van der Waals surface area (Å²) in [7, 11) is 0. The van der Waals surface area contributed by atoms with Crippen LogP contribution in [0.5, 0.6) is 0 Å². The van der Waals surface area contributed by atoms with Crippen molar-refractivity contribution >= 4 is 22.6 Å². The van der Waals surface area contributed by atoms with Gasteiger partial charge in [0, 0.05) is 24.1 Å². The van der Waals surface area contributed by atoms with E-state index in [1.807, 2.05) is 36.4 Å². The molecule has 1 heterocycles. The second-order valence-corrected chi connectivity index (χ2v) is 10.6. The Morgan fingerprint density at radius 1 is 0.919 bits per heavy atom. The molecule has 4 aromatic carbocycles. The van der Waals surface area contributed by atoms with Gasteiger partial charge in [0.15, 0.2) is 0 Å². The molecule has 0 saturated carbocycles. The van der Waals surface area contributed by atoms with E-state index in [1.54, 1.807) is 18.2 Å². The molecule has 1 atom stereocenters. The van der Waals surface area contributed by atoms with E-state index in [0.717, 1.165) is 21.9 Å². The van der Waals surface area contributed by atoms with Crippen LogP contribution in [0, 0.1) is 0 Å². The van der Waals surface area contributed by atoms with Gasteiger partial charge in [-0.3, -0.25) is 4.79 Å². The molecule has 5 rings (SSSR count). The zero-order valence-corrected chi connectivity index (χ0v) is 21.2. The summed E-state index contributed by atoms with van der Waals surface area (Å²) in [5.41, 5.74) is 2.24. The molecular weight excluding hydrogens is 462 g/mol. The predicted molar refractivity (Wildman–Crippen MR) is 145 cm³/mol. The summed E-state index contributed by atoms with van der Waals surface area (Å²) >= 11 is 0. The first-order valence-corrected chi connectivity index (χ1v) is 12.6. The van der Waals surface area contributed by atoms with E-state index in [2.05, 4.69) is 55.6 Å². The number of rotatable bonds is 8. The van der Waals surface area contributed by atoms with E-state index < -0.39 is 5.60 Å². The minimum atomic E-state index is -1.20. The summed E-state index contributed by atoms with van der Waals surface area (Å²) in [4.78, 5) is 24.8. The molecule has 0 fully saturated rings. The van der Waals surface area contributed by atoms with Crippen molar-refractivity contribution in [2.45, 2.75) is 44.3 Å². The second kappa shape index (κ2) is 9.83. The molecular formula is C32H31NO4. The summed E-state index contributed by atoms with van der Waals surface area (Å²) in [6.07, 6.45) is 0.838. The fraction of sp³-hybridized carbons (Fsp3) is 0.250. The van der Waals surface area contributed by atoms with Crippen LogP contribution in [0.15, 0.2) is 91.0 Å². The van der Waals surface area contributed by atoms with E-state index >= 15 is 0 Å². The van der Waals surface area contributed by atoms with Crippen LogP contribution in [0.4, 0.5) is 0 Å². The Hall–Kier alpha value is -3.96. The number of esters is 1. The Morgan fingerprint density at radius 3 is 2.43 bits per heavy atom. The normalized spacial score (nSPS) is 14.6. The van der Waals surface area contributed by atoms with Gasteiger partial charge >= 0.3 is 5.97 Å². The Kier molecular flexibility index (Phi) is 6.57. The highest BCUT2D eigenvalue weighted by molar-refractivity contribution is 5.98. The highest BCUT2D eigenvalue weighted by Gasteiger charge is 2.36. The minimum absolute atomic E-state index is 0.0848. The summed E-state index contributed by atoms with van der Waals surface area (Å²) in [5.74, 6) is -0.661. The number of fused-ring (bicyclic) bond motifs is 2. The van der Waals surface area contributed by atoms with Crippen LogP contribution in [0.1, 0.15) is 57.7 Å². The van der Waals surface area contributed by atoms with Crippen molar-refractivity contribution in [2.24, 2.45) is 0 Å². The van der Waals surface area contributed by atoms with Crippen LogP contribution in [-0.2, 0) is 23.2 Å². The van der Waals surface area contributed by atoms with E-state index in [9.17, 15) is 14.7 Å². The Labute approximate surface area is 217 Å². The number of aliphatic hydroxyl groups is 1. The van der Waals surface area contributed by atoms with Crippen LogP contribution in [0.3, 0.4) is 0 Å². The molecule has 2 N–H and O–H groups in total. The quantitative estimate of drug-likeness (QED) is 0.314. The molecule has 188 valence electrons. The predicted octanol–water partition coefficient (Wildman–Crippen LogP) is 5.58. The standard InChI is InChI=1S/C32H31NO4/c1-31(2,27-10-4-3-5-11-27)20-32(36,18-22-12-13-23-8-6-7-9-24(23)16-22)21-33-29(34)25-14-15-28-26(17-25)19-37-30(28)35/h3-17,36H,18-21H2,1-2H3,(H,33,34)/t32-/m1/s1. The van der Waals surface area contributed by atoms with Gasteiger partial charge in [0.05, 0.1) is 11.2 Å². The first kappa shape index (κ1) is 24.7. The maximum atomic E-state index is 13.1. The molecule has 1 aliphatic rings. The summed E-state index contributed by atoms with van der Waals surface area (Å²) in [5, 5.41) is 17.3. The minimum Gasteiger partial charge on any atom is -0.457 e. The number of benzene rings is 4. The van der Waals surface area contributed by atoms with E-state index in [-0.39, 0.29) is 30.4 Å². The van der Waals surface area contributed by atoms with E-state index in [1.165, 1.54) is 0 Å². The van der Waals surface area contributed by atoms with Gasteiger partial charge in [0.25, 0.3) is 5.91 Å². The number of amides is 1. The Morgan fingerprint density at radius 2 is 1.65 bits per heavy atom. The topological polar surface area (TPSA) is 75.6 Å². The molecule has 0 spiro atoms. The zero-order chi connectivity index (χ0) is 26.0. The Balaban J connectivity index is 1.40. The van der Waals surface area contributed by atoms with Gasteiger partial charge in [-0.15, -0.1) is 0 Å². The van der Waals surface area contributed by atoms with Crippen molar-refractivity contribution in [3.63, 3.8) is 0 Å². The molecule has 5 nitrogen and oxygen atoms in total. The third-order valence-corrected chi connectivity index (χ3v) is 7.20. The molecule has 0 aromatic heterocycles. The number of hydrogen-bond donors (Lipinski definition) is 2. The third-order valence-electron chi connectivity index (χ3n) is 7.20. The van der Waals surface area contributed by atoms with Crippen molar-refractivity contribution in [2.75, 3.05) is 6.54 Å². The highest BCUT2D eigenvalue weighted by atomic mass is 16.5. The smallest absolute Gasteiger partial charge is 0.338 e. The van der Waals surface area contributed by atoms with Gasteiger partial charge in [-0.05, 0) is 51.9 Å².